The second kappa shape index (κ2) is 7.21. The maximum atomic E-state index is 9.84. The molecule has 0 radical (unpaired) electrons. The molecule has 0 bridgehead atoms. The van der Waals surface area contributed by atoms with Gasteiger partial charge in [0.25, 0.3) is 0 Å². The fourth-order valence-electron chi connectivity index (χ4n) is 4.14. The number of benzene rings is 3. The number of rotatable bonds is 4. The summed E-state index contributed by atoms with van der Waals surface area (Å²) in [5.41, 5.74) is 6.56. The van der Waals surface area contributed by atoms with Crippen molar-refractivity contribution in [3.05, 3.63) is 100 Å². The quantitative estimate of drug-likeness (QED) is 0.559. The average Bonchev–Trinajstić information content (AvgIpc) is 3.11. The number of phenols is 2. The van der Waals surface area contributed by atoms with Gasteiger partial charge in [0.2, 0.25) is 0 Å². The Labute approximate surface area is 170 Å². The molecule has 1 unspecified atom stereocenters. The van der Waals surface area contributed by atoms with Crippen LogP contribution in [0.1, 0.15) is 41.2 Å². The fourth-order valence-corrected chi connectivity index (χ4v) is 4.14. The van der Waals surface area contributed by atoms with Crippen LogP contribution in [-0.4, -0.2) is 10.2 Å². The van der Waals surface area contributed by atoms with Gasteiger partial charge in [-0.15, -0.1) is 0 Å². The van der Waals surface area contributed by atoms with Crippen molar-refractivity contribution in [3.8, 4) is 11.5 Å². The van der Waals surface area contributed by atoms with Gasteiger partial charge >= 0.3 is 0 Å². The number of aryl methyl sites for hydroxylation is 1. The van der Waals surface area contributed by atoms with Crippen molar-refractivity contribution >= 4 is 5.70 Å². The Morgan fingerprint density at radius 3 is 2.07 bits per heavy atom. The lowest BCUT2D eigenvalue weighted by Gasteiger charge is -2.31. The van der Waals surface area contributed by atoms with Crippen LogP contribution in [0.3, 0.4) is 0 Å². The van der Waals surface area contributed by atoms with E-state index in [1.165, 1.54) is 11.1 Å². The summed E-state index contributed by atoms with van der Waals surface area (Å²) in [7, 11) is 0. The van der Waals surface area contributed by atoms with Crippen molar-refractivity contribution in [2.45, 2.75) is 32.7 Å². The SMILES string of the molecule is CCC1=C(c2ccc(O)cc2)N=NC1(c1ccc(O)cc1)c1cccc(C)c1C. The van der Waals surface area contributed by atoms with E-state index in [1.54, 1.807) is 24.3 Å². The van der Waals surface area contributed by atoms with E-state index in [0.717, 1.165) is 34.4 Å². The van der Waals surface area contributed by atoms with Crippen molar-refractivity contribution in [3.63, 3.8) is 0 Å². The van der Waals surface area contributed by atoms with Gasteiger partial charge in [0.15, 0.2) is 5.54 Å². The van der Waals surface area contributed by atoms with Gasteiger partial charge in [-0.25, -0.2) is 0 Å². The highest BCUT2D eigenvalue weighted by Gasteiger charge is 2.44. The van der Waals surface area contributed by atoms with Crippen LogP contribution in [0.15, 0.2) is 82.5 Å². The first-order chi connectivity index (χ1) is 14.0. The smallest absolute Gasteiger partial charge is 0.156 e. The molecule has 1 aliphatic rings. The lowest BCUT2D eigenvalue weighted by molar-refractivity contribution is 0.474. The van der Waals surface area contributed by atoms with Crippen LogP contribution in [-0.2, 0) is 5.54 Å². The topological polar surface area (TPSA) is 65.2 Å². The summed E-state index contributed by atoms with van der Waals surface area (Å²) < 4.78 is 0. The van der Waals surface area contributed by atoms with Crippen LogP contribution < -0.4 is 0 Å². The van der Waals surface area contributed by atoms with Gasteiger partial charge in [0.05, 0.1) is 5.70 Å². The molecule has 0 aromatic heterocycles. The van der Waals surface area contributed by atoms with Crippen molar-refractivity contribution in [1.29, 1.82) is 0 Å². The zero-order valence-electron chi connectivity index (χ0n) is 16.8. The zero-order chi connectivity index (χ0) is 20.6. The summed E-state index contributed by atoms with van der Waals surface area (Å²) in [4.78, 5) is 0. The van der Waals surface area contributed by atoms with Gasteiger partial charge in [0, 0.05) is 5.56 Å². The van der Waals surface area contributed by atoms with Gasteiger partial charge in [-0.1, -0.05) is 37.3 Å². The molecule has 0 fully saturated rings. The molecule has 146 valence electrons. The summed E-state index contributed by atoms with van der Waals surface area (Å²) in [6.45, 7) is 6.34. The molecule has 0 saturated heterocycles. The highest BCUT2D eigenvalue weighted by molar-refractivity contribution is 5.75. The molecule has 3 aromatic carbocycles. The standard InChI is InChI=1S/C25H24N2O2/c1-4-22-24(18-8-12-20(28)13-9-18)26-27-25(22,19-10-14-21(29)15-11-19)23-7-5-6-16(2)17(23)3/h5-15,28-29H,4H2,1-3H3. The number of aromatic hydroxyl groups is 2. The summed E-state index contributed by atoms with van der Waals surface area (Å²) in [5.74, 6) is 0.447. The average molecular weight is 384 g/mol. The van der Waals surface area contributed by atoms with Crippen LogP contribution >= 0.6 is 0 Å². The summed E-state index contributed by atoms with van der Waals surface area (Å²) >= 11 is 0. The molecule has 29 heavy (non-hydrogen) atoms. The summed E-state index contributed by atoms with van der Waals surface area (Å²) in [6.07, 6.45) is 0.761. The third kappa shape index (κ3) is 3.01. The number of azo groups is 1. The number of hydrogen-bond donors (Lipinski definition) is 2. The van der Waals surface area contributed by atoms with Gasteiger partial charge in [0.1, 0.15) is 11.5 Å². The molecule has 0 saturated carbocycles. The van der Waals surface area contributed by atoms with Crippen molar-refractivity contribution in [2.24, 2.45) is 10.2 Å². The highest BCUT2D eigenvalue weighted by atomic mass is 16.3. The first-order valence-electron chi connectivity index (χ1n) is 9.79. The Morgan fingerprint density at radius 1 is 0.828 bits per heavy atom. The molecule has 4 rings (SSSR count). The molecule has 4 nitrogen and oxygen atoms in total. The summed E-state index contributed by atoms with van der Waals surface area (Å²) in [5, 5.41) is 29.0. The molecule has 4 heteroatoms. The zero-order valence-corrected chi connectivity index (χ0v) is 16.8. The lowest BCUT2D eigenvalue weighted by atomic mass is 9.73. The van der Waals surface area contributed by atoms with E-state index < -0.39 is 5.54 Å². The highest BCUT2D eigenvalue weighted by Crippen LogP contribution is 2.51. The van der Waals surface area contributed by atoms with Crippen LogP contribution in [0, 0.1) is 13.8 Å². The molecule has 3 aromatic rings. The van der Waals surface area contributed by atoms with Crippen molar-refractivity contribution in [1.82, 2.24) is 0 Å². The third-order valence-electron chi connectivity index (χ3n) is 5.80. The molecule has 0 aliphatic carbocycles. The minimum atomic E-state index is -0.744. The maximum absolute atomic E-state index is 9.84. The van der Waals surface area contributed by atoms with Gasteiger partial charge in [-0.3, -0.25) is 0 Å². The first-order valence-corrected chi connectivity index (χ1v) is 9.79. The normalized spacial score (nSPS) is 18.4. The van der Waals surface area contributed by atoms with Crippen molar-refractivity contribution < 1.29 is 10.2 Å². The molecular formula is C25H24N2O2. The largest absolute Gasteiger partial charge is 0.508 e. The van der Waals surface area contributed by atoms with E-state index in [2.05, 4.69) is 44.1 Å². The molecule has 1 aliphatic heterocycles. The molecule has 1 atom stereocenters. The third-order valence-corrected chi connectivity index (χ3v) is 5.80. The maximum Gasteiger partial charge on any atom is 0.156 e. The monoisotopic (exact) mass is 384 g/mol. The number of phenolic OH excluding ortho intramolecular Hbond substituents is 2. The number of hydrogen-bond acceptors (Lipinski definition) is 4. The second-order valence-electron chi connectivity index (χ2n) is 7.43. The molecule has 0 spiro atoms. The van der Waals surface area contributed by atoms with Gasteiger partial charge < -0.3 is 10.2 Å². The summed E-state index contributed by atoms with van der Waals surface area (Å²) in [6, 6.07) is 20.6. The van der Waals surface area contributed by atoms with Crippen LogP contribution in [0.5, 0.6) is 11.5 Å². The minimum absolute atomic E-state index is 0.223. The molecule has 1 heterocycles. The van der Waals surface area contributed by atoms with Crippen LogP contribution in [0.4, 0.5) is 0 Å². The van der Waals surface area contributed by atoms with E-state index >= 15 is 0 Å². The Hall–Kier alpha value is -3.40. The fraction of sp³-hybridized carbons (Fsp3) is 0.200. The van der Waals surface area contributed by atoms with Crippen molar-refractivity contribution in [2.75, 3.05) is 0 Å². The van der Waals surface area contributed by atoms with Gasteiger partial charge in [-0.05, 0) is 84.5 Å². The van der Waals surface area contributed by atoms with Crippen LogP contribution in [0.2, 0.25) is 0 Å². The Kier molecular flexibility index (Phi) is 4.71. The lowest BCUT2D eigenvalue weighted by Crippen LogP contribution is -2.27. The molecule has 2 N–H and O–H groups in total. The minimum Gasteiger partial charge on any atom is -0.508 e. The van der Waals surface area contributed by atoms with Crippen LogP contribution in [0.25, 0.3) is 5.70 Å². The van der Waals surface area contributed by atoms with E-state index in [-0.39, 0.29) is 11.5 Å². The Morgan fingerprint density at radius 2 is 1.45 bits per heavy atom. The van der Waals surface area contributed by atoms with E-state index in [1.807, 2.05) is 24.3 Å². The molecule has 0 amide bonds. The molecular weight excluding hydrogens is 360 g/mol. The predicted molar refractivity (Wildman–Crippen MR) is 115 cm³/mol. The van der Waals surface area contributed by atoms with E-state index in [0.29, 0.717) is 0 Å². The van der Waals surface area contributed by atoms with Gasteiger partial charge in [-0.2, -0.15) is 10.2 Å². The predicted octanol–water partition coefficient (Wildman–Crippen LogP) is 6.25. The Balaban J connectivity index is 2.03. The Bertz CT molecular complexity index is 1110. The van der Waals surface area contributed by atoms with E-state index in [4.69, 9.17) is 5.11 Å². The second-order valence-corrected chi connectivity index (χ2v) is 7.43. The van der Waals surface area contributed by atoms with E-state index in [9.17, 15) is 10.2 Å². The first kappa shape index (κ1) is 18.9. The number of nitrogens with zero attached hydrogens (tertiary/aromatic N) is 2.